The lowest BCUT2D eigenvalue weighted by Gasteiger charge is -2.65. The summed E-state index contributed by atoms with van der Waals surface area (Å²) in [4.78, 5) is 23.4. The lowest BCUT2D eigenvalue weighted by molar-refractivity contribution is -0.384. The number of nitro groups is 1. The Labute approximate surface area is 152 Å². The van der Waals surface area contributed by atoms with E-state index in [0.717, 1.165) is 19.3 Å². The van der Waals surface area contributed by atoms with Crippen LogP contribution in [0.5, 0.6) is 0 Å². The summed E-state index contributed by atoms with van der Waals surface area (Å²) in [5, 5.41) is 14.4. The molecule has 0 heterocycles. The molecule has 4 aliphatic rings. The molecule has 5 nitrogen and oxygen atoms in total. The molecule has 25 heavy (non-hydrogen) atoms. The van der Waals surface area contributed by atoms with Crippen LogP contribution in [0.4, 0.5) is 5.69 Å². The predicted molar refractivity (Wildman–Crippen MR) is 95.7 cm³/mol. The fraction of sp³-hybridized carbons (Fsp3) is 0.632. The fourth-order valence-corrected chi connectivity index (χ4v) is 6.88. The van der Waals surface area contributed by atoms with Gasteiger partial charge in [-0.3, -0.25) is 14.9 Å². The average Bonchev–Trinajstić information content (AvgIpc) is 2.42. The van der Waals surface area contributed by atoms with Crippen LogP contribution in [0.3, 0.4) is 0 Å². The Morgan fingerprint density at radius 1 is 1.20 bits per heavy atom. The largest absolute Gasteiger partial charge is 0.347 e. The first-order chi connectivity index (χ1) is 11.6. The average molecular weight is 363 g/mol. The van der Waals surface area contributed by atoms with Crippen LogP contribution in [0, 0.1) is 26.9 Å². The van der Waals surface area contributed by atoms with Crippen LogP contribution < -0.4 is 5.32 Å². The molecule has 4 aliphatic carbocycles. The Balaban J connectivity index is 1.61. The maximum atomic E-state index is 12.8. The van der Waals surface area contributed by atoms with E-state index in [1.54, 1.807) is 6.07 Å². The van der Waals surface area contributed by atoms with Crippen molar-refractivity contribution in [2.45, 2.75) is 57.9 Å². The second kappa shape index (κ2) is 5.19. The van der Waals surface area contributed by atoms with Gasteiger partial charge in [0, 0.05) is 17.2 Å². The van der Waals surface area contributed by atoms with Gasteiger partial charge < -0.3 is 5.32 Å². The number of halogens is 1. The third-order valence-electron chi connectivity index (χ3n) is 6.41. The van der Waals surface area contributed by atoms with E-state index in [2.05, 4.69) is 19.2 Å². The van der Waals surface area contributed by atoms with E-state index in [-0.39, 0.29) is 22.2 Å². The summed E-state index contributed by atoms with van der Waals surface area (Å²) in [6, 6.07) is 4.27. The molecule has 6 heteroatoms. The first-order valence-corrected chi connectivity index (χ1v) is 9.25. The summed E-state index contributed by atoms with van der Waals surface area (Å²) in [7, 11) is 0. The number of carbonyl (C=O) groups is 1. The van der Waals surface area contributed by atoms with E-state index in [1.165, 1.54) is 31.4 Å². The van der Waals surface area contributed by atoms with E-state index >= 15 is 0 Å². The molecule has 1 aromatic rings. The highest BCUT2D eigenvalue weighted by atomic mass is 35.5. The standard InChI is InChI=1S/C19H23ClN2O3/c1-17-6-12-7-18(2,9-17)11-19(8-12,10-17)21-16(23)13-3-4-14(20)15(5-13)22(24)25/h3-5,12H,6-11H2,1-2H3,(H,21,23). The number of rotatable bonds is 3. The van der Waals surface area contributed by atoms with Crippen LogP contribution in [0.1, 0.15) is 62.7 Å². The van der Waals surface area contributed by atoms with Gasteiger partial charge in [0.2, 0.25) is 0 Å². The molecule has 1 aromatic carbocycles. The van der Waals surface area contributed by atoms with Gasteiger partial charge >= 0.3 is 0 Å². The third kappa shape index (κ3) is 2.82. The Kier molecular flexibility index (Phi) is 3.50. The SMILES string of the molecule is CC12CC3CC(C)(C1)CC(NC(=O)c1ccc(Cl)c([N+](=O)[O-])c1)(C3)C2. The van der Waals surface area contributed by atoms with Crippen LogP contribution in [0.25, 0.3) is 0 Å². The smallest absolute Gasteiger partial charge is 0.288 e. The van der Waals surface area contributed by atoms with Gasteiger partial charge in [0.05, 0.1) is 4.92 Å². The van der Waals surface area contributed by atoms with E-state index in [4.69, 9.17) is 11.6 Å². The lowest BCUT2D eigenvalue weighted by atomic mass is 9.43. The molecule has 4 fully saturated rings. The molecular weight excluding hydrogens is 340 g/mol. The Morgan fingerprint density at radius 3 is 2.40 bits per heavy atom. The van der Waals surface area contributed by atoms with Crippen molar-refractivity contribution in [2.24, 2.45) is 16.7 Å². The molecule has 134 valence electrons. The molecule has 0 saturated heterocycles. The molecule has 0 spiro atoms. The zero-order chi connectivity index (χ0) is 18.0. The molecule has 0 aromatic heterocycles. The van der Waals surface area contributed by atoms with Crippen molar-refractivity contribution in [1.82, 2.24) is 5.32 Å². The van der Waals surface area contributed by atoms with Crippen molar-refractivity contribution in [3.63, 3.8) is 0 Å². The van der Waals surface area contributed by atoms with Crippen LogP contribution >= 0.6 is 11.6 Å². The monoisotopic (exact) mass is 362 g/mol. The van der Waals surface area contributed by atoms with E-state index in [9.17, 15) is 14.9 Å². The van der Waals surface area contributed by atoms with Crippen molar-refractivity contribution < 1.29 is 9.72 Å². The van der Waals surface area contributed by atoms with E-state index < -0.39 is 4.92 Å². The fourth-order valence-electron chi connectivity index (χ4n) is 6.69. The van der Waals surface area contributed by atoms with Crippen LogP contribution in [-0.4, -0.2) is 16.4 Å². The third-order valence-corrected chi connectivity index (χ3v) is 6.73. The van der Waals surface area contributed by atoms with Gasteiger partial charge in [0.1, 0.15) is 5.02 Å². The van der Waals surface area contributed by atoms with Crippen LogP contribution in [-0.2, 0) is 0 Å². The summed E-state index contributed by atoms with van der Waals surface area (Å²) in [6.45, 7) is 4.70. The summed E-state index contributed by atoms with van der Waals surface area (Å²) in [5.74, 6) is 0.444. The Bertz CT molecular complexity index is 760. The number of hydrogen-bond donors (Lipinski definition) is 1. The second-order valence-electron chi connectivity index (χ2n) is 9.29. The molecule has 5 rings (SSSR count). The number of nitrogens with one attached hydrogen (secondary N) is 1. The van der Waals surface area contributed by atoms with Gasteiger partial charge in [-0.1, -0.05) is 25.4 Å². The van der Waals surface area contributed by atoms with Gasteiger partial charge in [0.25, 0.3) is 11.6 Å². The summed E-state index contributed by atoms with van der Waals surface area (Å²) < 4.78 is 0. The zero-order valence-corrected chi connectivity index (χ0v) is 15.4. The second-order valence-corrected chi connectivity index (χ2v) is 9.70. The van der Waals surface area contributed by atoms with Crippen molar-refractivity contribution in [3.05, 3.63) is 38.9 Å². The molecule has 0 aliphatic heterocycles. The number of amides is 1. The highest BCUT2D eigenvalue weighted by molar-refractivity contribution is 6.32. The molecule has 1 amide bonds. The number of nitro benzene ring substituents is 1. The number of nitrogens with zero attached hydrogens (tertiary/aromatic N) is 1. The molecule has 0 radical (unpaired) electrons. The topological polar surface area (TPSA) is 72.2 Å². The number of benzene rings is 1. The molecule has 1 N–H and O–H groups in total. The van der Waals surface area contributed by atoms with Crippen molar-refractivity contribution in [2.75, 3.05) is 0 Å². The van der Waals surface area contributed by atoms with Gasteiger partial charge in [0.15, 0.2) is 0 Å². The quantitative estimate of drug-likeness (QED) is 0.624. The molecule has 4 bridgehead atoms. The first-order valence-electron chi connectivity index (χ1n) is 8.88. The minimum atomic E-state index is -0.550. The zero-order valence-electron chi connectivity index (χ0n) is 14.6. The van der Waals surface area contributed by atoms with Gasteiger partial charge in [-0.15, -0.1) is 0 Å². The van der Waals surface area contributed by atoms with Crippen LogP contribution in [0.2, 0.25) is 5.02 Å². The highest BCUT2D eigenvalue weighted by Gasteiger charge is 2.60. The minimum absolute atomic E-state index is 0.0522. The lowest BCUT2D eigenvalue weighted by Crippen LogP contribution is -2.65. The van der Waals surface area contributed by atoms with Gasteiger partial charge in [-0.05, 0) is 67.4 Å². The van der Waals surface area contributed by atoms with E-state index in [1.807, 2.05) is 0 Å². The van der Waals surface area contributed by atoms with Gasteiger partial charge in [-0.25, -0.2) is 0 Å². The minimum Gasteiger partial charge on any atom is -0.347 e. The predicted octanol–water partition coefficient (Wildman–Crippen LogP) is 4.73. The van der Waals surface area contributed by atoms with Crippen molar-refractivity contribution in [1.29, 1.82) is 0 Å². The van der Waals surface area contributed by atoms with Crippen molar-refractivity contribution >= 4 is 23.2 Å². The Hall–Kier alpha value is -1.62. The van der Waals surface area contributed by atoms with E-state index in [0.29, 0.717) is 22.3 Å². The number of hydrogen-bond acceptors (Lipinski definition) is 3. The summed E-state index contributed by atoms with van der Waals surface area (Å²) in [5.41, 5.74) is 0.510. The normalized spacial score (nSPS) is 38.6. The summed E-state index contributed by atoms with van der Waals surface area (Å²) in [6.07, 6.45) is 6.79. The highest BCUT2D eigenvalue weighted by Crippen LogP contribution is 2.66. The number of carbonyl (C=O) groups excluding carboxylic acids is 1. The maximum absolute atomic E-state index is 12.8. The Morgan fingerprint density at radius 2 is 1.84 bits per heavy atom. The maximum Gasteiger partial charge on any atom is 0.288 e. The first kappa shape index (κ1) is 16.8. The van der Waals surface area contributed by atoms with Gasteiger partial charge in [-0.2, -0.15) is 0 Å². The molecule has 4 saturated carbocycles. The van der Waals surface area contributed by atoms with Crippen molar-refractivity contribution in [3.8, 4) is 0 Å². The molecule has 2 atom stereocenters. The molecule has 2 unspecified atom stereocenters. The molecular formula is C19H23ClN2O3. The summed E-state index contributed by atoms with van der Waals surface area (Å²) >= 11 is 5.86. The van der Waals surface area contributed by atoms with Crippen LogP contribution in [0.15, 0.2) is 18.2 Å².